The van der Waals surface area contributed by atoms with Gasteiger partial charge >= 0.3 is 5.97 Å². The van der Waals surface area contributed by atoms with E-state index in [2.05, 4.69) is 0 Å². The minimum Gasteiger partial charge on any atom is -0.478 e. The molecule has 0 aliphatic rings. The summed E-state index contributed by atoms with van der Waals surface area (Å²) in [5.41, 5.74) is 0.915. The maximum atomic E-state index is 11.7. The smallest absolute Gasteiger partial charge is 0.335 e. The summed E-state index contributed by atoms with van der Waals surface area (Å²) >= 11 is 0. The van der Waals surface area contributed by atoms with Crippen LogP contribution >= 0.6 is 0 Å². The molecule has 1 aromatic carbocycles. The number of carboxylic acid groups (broad SMARTS) is 1. The molecule has 4 nitrogen and oxygen atoms in total. The van der Waals surface area contributed by atoms with Crippen molar-refractivity contribution in [2.75, 3.05) is 11.9 Å². The van der Waals surface area contributed by atoms with Gasteiger partial charge in [-0.3, -0.25) is 4.79 Å². The molecular formula is C12H15NO3. The molecule has 1 aromatic rings. The zero-order valence-corrected chi connectivity index (χ0v) is 9.60. The van der Waals surface area contributed by atoms with Gasteiger partial charge in [-0.1, -0.05) is 13.8 Å². The standard InChI is InChI=1S/C12H15NO3/c1-8(2)11(14)13(3)10-6-4-9(5-7-10)12(15)16/h4-8H,1-3H3,(H,15,16). The predicted molar refractivity (Wildman–Crippen MR) is 61.6 cm³/mol. The van der Waals surface area contributed by atoms with E-state index in [-0.39, 0.29) is 17.4 Å². The minimum absolute atomic E-state index is 0.00285. The lowest BCUT2D eigenvalue weighted by atomic mass is 10.1. The van der Waals surface area contributed by atoms with Gasteiger partial charge in [0.15, 0.2) is 0 Å². The summed E-state index contributed by atoms with van der Waals surface area (Å²) in [6, 6.07) is 6.23. The average molecular weight is 221 g/mol. The van der Waals surface area contributed by atoms with E-state index in [4.69, 9.17) is 5.11 Å². The number of rotatable bonds is 3. The Bertz CT molecular complexity index is 395. The molecule has 4 heteroatoms. The van der Waals surface area contributed by atoms with Crippen molar-refractivity contribution in [1.82, 2.24) is 0 Å². The Morgan fingerprint density at radius 1 is 1.19 bits per heavy atom. The van der Waals surface area contributed by atoms with Crippen molar-refractivity contribution in [1.29, 1.82) is 0 Å². The van der Waals surface area contributed by atoms with Gasteiger partial charge < -0.3 is 10.0 Å². The Balaban J connectivity index is 2.89. The van der Waals surface area contributed by atoms with Crippen LogP contribution in [0, 0.1) is 5.92 Å². The van der Waals surface area contributed by atoms with Crippen LogP contribution in [-0.4, -0.2) is 24.0 Å². The summed E-state index contributed by atoms with van der Waals surface area (Å²) < 4.78 is 0. The predicted octanol–water partition coefficient (Wildman–Crippen LogP) is 2.00. The van der Waals surface area contributed by atoms with Crippen molar-refractivity contribution in [3.63, 3.8) is 0 Å². The summed E-state index contributed by atoms with van der Waals surface area (Å²) in [6.07, 6.45) is 0. The molecule has 0 bridgehead atoms. The third-order valence-electron chi connectivity index (χ3n) is 2.33. The largest absolute Gasteiger partial charge is 0.478 e. The number of aromatic carboxylic acids is 1. The Labute approximate surface area is 94.5 Å². The maximum Gasteiger partial charge on any atom is 0.335 e. The third kappa shape index (κ3) is 2.59. The van der Waals surface area contributed by atoms with E-state index >= 15 is 0 Å². The average Bonchev–Trinajstić information content (AvgIpc) is 2.27. The molecule has 0 unspecified atom stereocenters. The normalized spacial score (nSPS) is 10.2. The number of hydrogen-bond acceptors (Lipinski definition) is 2. The fourth-order valence-corrected chi connectivity index (χ4v) is 1.34. The van der Waals surface area contributed by atoms with Crippen LogP contribution in [0.3, 0.4) is 0 Å². The topological polar surface area (TPSA) is 57.6 Å². The molecule has 0 atom stereocenters. The third-order valence-corrected chi connectivity index (χ3v) is 2.33. The fourth-order valence-electron chi connectivity index (χ4n) is 1.34. The lowest BCUT2D eigenvalue weighted by molar-refractivity contribution is -0.121. The summed E-state index contributed by atoms with van der Waals surface area (Å²) in [4.78, 5) is 23.8. The first kappa shape index (κ1) is 12.2. The minimum atomic E-state index is -0.968. The number of nitrogens with zero attached hydrogens (tertiary/aromatic N) is 1. The van der Waals surface area contributed by atoms with E-state index in [0.29, 0.717) is 5.69 Å². The molecule has 0 saturated heterocycles. The fraction of sp³-hybridized carbons (Fsp3) is 0.333. The monoisotopic (exact) mass is 221 g/mol. The second-order valence-electron chi connectivity index (χ2n) is 3.90. The van der Waals surface area contributed by atoms with Crippen molar-refractivity contribution in [3.05, 3.63) is 29.8 Å². The van der Waals surface area contributed by atoms with Crippen LogP contribution in [0.15, 0.2) is 24.3 Å². The van der Waals surface area contributed by atoms with Crippen molar-refractivity contribution in [2.24, 2.45) is 5.92 Å². The first-order chi connectivity index (χ1) is 7.43. The molecule has 0 spiro atoms. The molecular weight excluding hydrogens is 206 g/mol. The number of carbonyl (C=O) groups excluding carboxylic acids is 1. The highest BCUT2D eigenvalue weighted by Gasteiger charge is 2.14. The van der Waals surface area contributed by atoms with Gasteiger partial charge in [-0.05, 0) is 24.3 Å². The van der Waals surface area contributed by atoms with Gasteiger partial charge in [0.05, 0.1) is 5.56 Å². The molecule has 1 N–H and O–H groups in total. The number of anilines is 1. The summed E-state index contributed by atoms with van der Waals surface area (Å²) in [7, 11) is 1.68. The lowest BCUT2D eigenvalue weighted by Crippen LogP contribution is -2.30. The van der Waals surface area contributed by atoms with E-state index in [1.807, 2.05) is 13.8 Å². The van der Waals surface area contributed by atoms with E-state index in [1.165, 1.54) is 17.0 Å². The van der Waals surface area contributed by atoms with Crippen molar-refractivity contribution < 1.29 is 14.7 Å². The van der Waals surface area contributed by atoms with Gasteiger partial charge in [-0.15, -0.1) is 0 Å². The molecule has 0 radical (unpaired) electrons. The summed E-state index contributed by atoms with van der Waals surface area (Å²) in [5.74, 6) is -1.04. The molecule has 0 fully saturated rings. The van der Waals surface area contributed by atoms with Crippen molar-refractivity contribution >= 4 is 17.6 Å². The molecule has 0 aromatic heterocycles. The first-order valence-corrected chi connectivity index (χ1v) is 5.04. The van der Waals surface area contributed by atoms with Crippen LogP contribution in [0.2, 0.25) is 0 Å². The van der Waals surface area contributed by atoms with E-state index in [1.54, 1.807) is 19.2 Å². The summed E-state index contributed by atoms with van der Waals surface area (Å²) in [6.45, 7) is 3.65. The second kappa shape index (κ2) is 4.79. The van der Waals surface area contributed by atoms with Gasteiger partial charge in [0.1, 0.15) is 0 Å². The Morgan fingerprint density at radius 2 is 1.69 bits per heavy atom. The molecule has 86 valence electrons. The van der Waals surface area contributed by atoms with Gasteiger partial charge in [-0.25, -0.2) is 4.79 Å². The molecule has 1 amide bonds. The molecule has 0 aliphatic heterocycles. The van der Waals surface area contributed by atoms with Gasteiger partial charge in [-0.2, -0.15) is 0 Å². The van der Waals surface area contributed by atoms with E-state index in [9.17, 15) is 9.59 Å². The lowest BCUT2D eigenvalue weighted by Gasteiger charge is -2.19. The van der Waals surface area contributed by atoms with Crippen LogP contribution in [0.25, 0.3) is 0 Å². The van der Waals surface area contributed by atoms with Crippen LogP contribution < -0.4 is 4.90 Å². The number of amides is 1. The molecule has 0 aliphatic carbocycles. The second-order valence-corrected chi connectivity index (χ2v) is 3.90. The number of benzene rings is 1. The van der Waals surface area contributed by atoms with Crippen molar-refractivity contribution in [2.45, 2.75) is 13.8 Å². The number of carbonyl (C=O) groups is 2. The van der Waals surface area contributed by atoms with Gasteiger partial charge in [0.2, 0.25) is 5.91 Å². The molecule has 1 rings (SSSR count). The van der Waals surface area contributed by atoms with Crippen LogP contribution in [-0.2, 0) is 4.79 Å². The van der Waals surface area contributed by atoms with Crippen molar-refractivity contribution in [3.8, 4) is 0 Å². The van der Waals surface area contributed by atoms with Gasteiger partial charge in [0, 0.05) is 18.7 Å². The Hall–Kier alpha value is -1.84. The Kier molecular flexibility index (Phi) is 3.66. The zero-order valence-electron chi connectivity index (χ0n) is 9.60. The highest BCUT2D eigenvalue weighted by Crippen LogP contribution is 2.16. The number of hydrogen-bond donors (Lipinski definition) is 1. The quantitative estimate of drug-likeness (QED) is 0.849. The first-order valence-electron chi connectivity index (χ1n) is 5.04. The number of carboxylic acids is 1. The maximum absolute atomic E-state index is 11.7. The van der Waals surface area contributed by atoms with Crippen LogP contribution in [0.5, 0.6) is 0 Å². The van der Waals surface area contributed by atoms with Gasteiger partial charge in [0.25, 0.3) is 0 Å². The highest BCUT2D eigenvalue weighted by atomic mass is 16.4. The Morgan fingerprint density at radius 3 is 2.06 bits per heavy atom. The summed E-state index contributed by atoms with van der Waals surface area (Å²) in [5, 5.41) is 8.73. The van der Waals surface area contributed by atoms with Crippen LogP contribution in [0.4, 0.5) is 5.69 Å². The molecule has 16 heavy (non-hydrogen) atoms. The molecule has 0 saturated carbocycles. The zero-order chi connectivity index (χ0) is 12.3. The molecule has 0 heterocycles. The van der Waals surface area contributed by atoms with Crippen LogP contribution in [0.1, 0.15) is 24.2 Å². The highest BCUT2D eigenvalue weighted by molar-refractivity contribution is 5.95. The van der Waals surface area contributed by atoms with E-state index in [0.717, 1.165) is 0 Å². The SMILES string of the molecule is CC(C)C(=O)N(C)c1ccc(C(=O)O)cc1. The van der Waals surface area contributed by atoms with E-state index < -0.39 is 5.97 Å².